The van der Waals surface area contributed by atoms with Crippen LogP contribution in [0, 0.1) is 30.1 Å². The quantitative estimate of drug-likeness (QED) is 0.565. The van der Waals surface area contributed by atoms with Gasteiger partial charge in [-0.05, 0) is 99.7 Å². The number of aryl methyl sites for hydroxylation is 1. The third-order valence-corrected chi connectivity index (χ3v) is 9.17. The van der Waals surface area contributed by atoms with E-state index in [1.165, 1.54) is 49.8 Å². The van der Waals surface area contributed by atoms with Crippen molar-refractivity contribution in [2.24, 2.45) is 23.2 Å². The van der Waals surface area contributed by atoms with Crippen molar-refractivity contribution in [3.8, 4) is 0 Å². The number of amides is 2. The van der Waals surface area contributed by atoms with Crippen LogP contribution in [0.1, 0.15) is 63.9 Å². The van der Waals surface area contributed by atoms with Crippen molar-refractivity contribution in [2.75, 3.05) is 44.2 Å². The van der Waals surface area contributed by atoms with Crippen molar-refractivity contribution in [1.29, 1.82) is 0 Å². The topological polar surface area (TPSA) is 64.7 Å². The molecule has 4 bridgehead atoms. The Bertz CT molecular complexity index is 872. The predicted molar refractivity (Wildman–Crippen MR) is 140 cm³/mol. The largest absolute Gasteiger partial charge is 0.369 e. The zero-order chi connectivity index (χ0) is 24.4. The first-order valence-electron chi connectivity index (χ1n) is 14.0. The molecule has 1 atom stereocenters. The summed E-state index contributed by atoms with van der Waals surface area (Å²) in [6.45, 7) is 9.48. The van der Waals surface area contributed by atoms with Crippen LogP contribution in [-0.2, 0) is 9.59 Å². The van der Waals surface area contributed by atoms with Gasteiger partial charge in [0, 0.05) is 50.9 Å². The molecule has 1 aromatic rings. The van der Waals surface area contributed by atoms with Gasteiger partial charge in [0.15, 0.2) is 0 Å². The Balaban J connectivity index is 0.971. The molecule has 192 valence electrons. The molecule has 1 saturated heterocycles. The number of piperazine rings is 1. The molecular formula is C29H44N4O2. The van der Waals surface area contributed by atoms with Crippen molar-refractivity contribution in [3.63, 3.8) is 0 Å². The smallest absolute Gasteiger partial charge is 0.239 e. The monoisotopic (exact) mass is 480 g/mol. The predicted octanol–water partition coefficient (Wildman–Crippen LogP) is 3.73. The summed E-state index contributed by atoms with van der Waals surface area (Å²) < 4.78 is 0. The molecule has 1 aromatic carbocycles. The highest BCUT2D eigenvalue weighted by atomic mass is 16.2. The summed E-state index contributed by atoms with van der Waals surface area (Å²) in [4.78, 5) is 30.1. The molecule has 0 aromatic heterocycles. The SMILES string of the molecule is Cc1cccc(N2CCN(CCC(C)NC(=O)CNC(=O)CC34CC5CC(CC(C5)C3)C4)CC2)c1. The molecule has 5 aliphatic rings. The van der Waals surface area contributed by atoms with E-state index >= 15 is 0 Å². The number of anilines is 1. The fourth-order valence-corrected chi connectivity index (χ4v) is 7.92. The van der Waals surface area contributed by atoms with E-state index in [9.17, 15) is 9.59 Å². The second kappa shape index (κ2) is 10.5. The van der Waals surface area contributed by atoms with E-state index in [0.717, 1.165) is 56.9 Å². The summed E-state index contributed by atoms with van der Waals surface area (Å²) in [5.41, 5.74) is 2.85. The Kier molecular flexibility index (Phi) is 7.38. The van der Waals surface area contributed by atoms with Crippen LogP contribution in [0.15, 0.2) is 24.3 Å². The standard InChI is InChI=1S/C29H44N4O2/c1-21-4-3-5-26(12-21)33-10-8-32(9-11-33)7-6-22(2)31-28(35)20-30-27(34)19-29-16-23-13-24(17-29)15-25(14-23)18-29/h3-5,12,22-25H,6-11,13-20H2,1-2H3,(H,30,34)(H,31,35). The molecule has 6 heteroatoms. The van der Waals surface area contributed by atoms with Gasteiger partial charge in [-0.3, -0.25) is 14.5 Å². The molecule has 2 N–H and O–H groups in total. The molecule has 5 fully saturated rings. The molecule has 0 radical (unpaired) electrons. The first-order chi connectivity index (χ1) is 16.9. The van der Waals surface area contributed by atoms with E-state index in [4.69, 9.17) is 0 Å². The molecule has 35 heavy (non-hydrogen) atoms. The van der Waals surface area contributed by atoms with Gasteiger partial charge in [-0.25, -0.2) is 0 Å². The third-order valence-electron chi connectivity index (χ3n) is 9.17. The van der Waals surface area contributed by atoms with Crippen LogP contribution >= 0.6 is 0 Å². The summed E-state index contributed by atoms with van der Waals surface area (Å²) >= 11 is 0. The lowest BCUT2D eigenvalue weighted by Gasteiger charge is -2.56. The molecule has 0 spiro atoms. The maximum absolute atomic E-state index is 12.7. The van der Waals surface area contributed by atoms with Crippen molar-refractivity contribution in [1.82, 2.24) is 15.5 Å². The summed E-state index contributed by atoms with van der Waals surface area (Å²) in [6.07, 6.45) is 9.42. The van der Waals surface area contributed by atoms with Crippen LogP contribution in [-0.4, -0.2) is 62.0 Å². The molecule has 1 heterocycles. The highest BCUT2D eigenvalue weighted by Gasteiger charge is 2.51. The lowest BCUT2D eigenvalue weighted by Crippen LogP contribution is -2.49. The second-order valence-corrected chi connectivity index (χ2v) is 12.3. The van der Waals surface area contributed by atoms with Crippen LogP contribution in [0.25, 0.3) is 0 Å². The maximum atomic E-state index is 12.7. The number of hydrogen-bond donors (Lipinski definition) is 2. The lowest BCUT2D eigenvalue weighted by molar-refractivity contribution is -0.132. The first-order valence-corrected chi connectivity index (χ1v) is 14.0. The van der Waals surface area contributed by atoms with Gasteiger partial charge in [0.1, 0.15) is 0 Å². The van der Waals surface area contributed by atoms with Gasteiger partial charge in [-0.2, -0.15) is 0 Å². The molecule has 6 rings (SSSR count). The van der Waals surface area contributed by atoms with Crippen LogP contribution in [0.2, 0.25) is 0 Å². The zero-order valence-electron chi connectivity index (χ0n) is 21.7. The van der Waals surface area contributed by atoms with Crippen LogP contribution in [0.4, 0.5) is 5.69 Å². The minimum absolute atomic E-state index is 0.0689. The minimum Gasteiger partial charge on any atom is -0.369 e. The van der Waals surface area contributed by atoms with E-state index in [1.807, 2.05) is 0 Å². The van der Waals surface area contributed by atoms with Gasteiger partial charge in [0.25, 0.3) is 0 Å². The van der Waals surface area contributed by atoms with Crippen LogP contribution in [0.3, 0.4) is 0 Å². The van der Waals surface area contributed by atoms with Gasteiger partial charge in [0.05, 0.1) is 6.54 Å². The zero-order valence-corrected chi connectivity index (χ0v) is 21.7. The number of benzene rings is 1. The Morgan fingerprint density at radius 2 is 1.66 bits per heavy atom. The summed E-state index contributed by atoms with van der Waals surface area (Å²) in [5, 5.41) is 6.01. The number of nitrogens with one attached hydrogen (secondary N) is 2. The third kappa shape index (κ3) is 6.19. The van der Waals surface area contributed by atoms with E-state index < -0.39 is 0 Å². The molecule has 1 aliphatic heterocycles. The average molecular weight is 481 g/mol. The summed E-state index contributed by atoms with van der Waals surface area (Å²) in [7, 11) is 0. The highest BCUT2D eigenvalue weighted by molar-refractivity contribution is 5.85. The summed E-state index contributed by atoms with van der Waals surface area (Å²) in [6, 6.07) is 8.84. The maximum Gasteiger partial charge on any atom is 0.239 e. The molecule has 6 nitrogen and oxygen atoms in total. The molecule has 4 saturated carbocycles. The minimum atomic E-state index is -0.0689. The van der Waals surface area contributed by atoms with Crippen molar-refractivity contribution in [2.45, 2.75) is 71.3 Å². The van der Waals surface area contributed by atoms with Crippen molar-refractivity contribution in [3.05, 3.63) is 29.8 Å². The molecule has 4 aliphatic carbocycles. The normalized spacial score (nSPS) is 30.8. The van der Waals surface area contributed by atoms with Gasteiger partial charge < -0.3 is 15.5 Å². The van der Waals surface area contributed by atoms with Crippen molar-refractivity contribution < 1.29 is 9.59 Å². The Morgan fingerprint density at radius 3 is 2.29 bits per heavy atom. The lowest BCUT2D eigenvalue weighted by atomic mass is 9.49. The highest BCUT2D eigenvalue weighted by Crippen LogP contribution is 2.61. The number of carbonyl (C=O) groups is 2. The Hall–Kier alpha value is -2.08. The van der Waals surface area contributed by atoms with E-state index in [1.54, 1.807) is 0 Å². The number of carbonyl (C=O) groups excluding carboxylic acids is 2. The fraction of sp³-hybridized carbons (Fsp3) is 0.724. The van der Waals surface area contributed by atoms with Gasteiger partial charge in [-0.15, -0.1) is 0 Å². The Morgan fingerprint density at radius 1 is 1.00 bits per heavy atom. The van der Waals surface area contributed by atoms with E-state index in [2.05, 4.69) is 58.5 Å². The Labute approximate surface area is 211 Å². The molecule has 1 unspecified atom stereocenters. The fourth-order valence-electron chi connectivity index (χ4n) is 7.92. The van der Waals surface area contributed by atoms with E-state index in [0.29, 0.717) is 6.42 Å². The molecule has 2 amide bonds. The van der Waals surface area contributed by atoms with Crippen LogP contribution in [0.5, 0.6) is 0 Å². The van der Waals surface area contributed by atoms with Gasteiger partial charge >= 0.3 is 0 Å². The average Bonchev–Trinajstić information content (AvgIpc) is 2.81. The summed E-state index contributed by atoms with van der Waals surface area (Å²) in [5.74, 6) is 2.55. The first kappa shape index (κ1) is 24.6. The number of rotatable bonds is 9. The van der Waals surface area contributed by atoms with E-state index in [-0.39, 0.29) is 29.8 Å². The van der Waals surface area contributed by atoms with Crippen molar-refractivity contribution >= 4 is 17.5 Å². The van der Waals surface area contributed by atoms with Gasteiger partial charge in [-0.1, -0.05) is 12.1 Å². The molecular weight excluding hydrogens is 436 g/mol. The van der Waals surface area contributed by atoms with Gasteiger partial charge in [0.2, 0.25) is 11.8 Å². The number of hydrogen-bond acceptors (Lipinski definition) is 4. The number of nitrogens with zero attached hydrogens (tertiary/aromatic N) is 2. The second-order valence-electron chi connectivity index (χ2n) is 12.3. The van der Waals surface area contributed by atoms with Crippen LogP contribution < -0.4 is 15.5 Å².